The molecule has 0 radical (unpaired) electrons. The largest absolute Gasteiger partial charge is 0.394 e. The van der Waals surface area contributed by atoms with Gasteiger partial charge in [-0.2, -0.15) is 0 Å². The van der Waals surface area contributed by atoms with Crippen LogP contribution in [0.2, 0.25) is 0 Å². The highest BCUT2D eigenvalue weighted by atomic mass is 16.3. The third-order valence-electron chi connectivity index (χ3n) is 14.1. The van der Waals surface area contributed by atoms with Crippen LogP contribution in [0.1, 0.15) is 335 Å². The fourth-order valence-corrected chi connectivity index (χ4v) is 9.51. The predicted molar refractivity (Wildman–Crippen MR) is 295 cm³/mol. The Morgan fingerprint density at radius 3 is 0.909 bits per heavy atom. The average molecular weight is 927 g/mol. The first-order valence-corrected chi connectivity index (χ1v) is 30.2. The molecule has 0 aromatic rings. The highest BCUT2D eigenvalue weighted by molar-refractivity contribution is 5.76. The Morgan fingerprint density at radius 1 is 0.364 bits per heavy atom. The van der Waals surface area contributed by atoms with Gasteiger partial charge in [-0.05, 0) is 51.4 Å². The minimum Gasteiger partial charge on any atom is -0.394 e. The number of rotatable bonds is 56. The Labute approximate surface area is 414 Å². The quantitative estimate of drug-likeness (QED) is 0.0420. The van der Waals surface area contributed by atoms with Gasteiger partial charge in [0.15, 0.2) is 0 Å². The summed E-state index contributed by atoms with van der Waals surface area (Å²) in [6.07, 6.45) is 79.0. The average Bonchev–Trinajstić information content (AvgIpc) is 3.32. The molecule has 0 fully saturated rings. The number of amides is 1. The molecule has 0 aromatic heterocycles. The molecular weight excluding hydrogens is 807 g/mol. The normalized spacial score (nSPS) is 13.0. The number of unbranched alkanes of at least 4 members (excludes halogenated alkanes) is 45. The third kappa shape index (κ3) is 53.6. The first-order chi connectivity index (χ1) is 32.7. The summed E-state index contributed by atoms with van der Waals surface area (Å²) in [7, 11) is 0. The zero-order valence-corrected chi connectivity index (χ0v) is 45.0. The van der Waals surface area contributed by atoms with Crippen molar-refractivity contribution < 1.29 is 15.0 Å². The van der Waals surface area contributed by atoms with Crippen molar-refractivity contribution in [2.75, 3.05) is 6.61 Å². The van der Waals surface area contributed by atoms with Crippen LogP contribution in [0.15, 0.2) is 36.5 Å². The molecule has 0 aliphatic carbocycles. The molecule has 1 amide bonds. The summed E-state index contributed by atoms with van der Waals surface area (Å²) in [6.45, 7) is 4.33. The maximum atomic E-state index is 12.5. The topological polar surface area (TPSA) is 69.6 Å². The molecule has 4 heteroatoms. The zero-order valence-electron chi connectivity index (χ0n) is 45.0. The van der Waals surface area contributed by atoms with E-state index in [4.69, 9.17) is 0 Å². The molecule has 0 saturated heterocycles. The summed E-state index contributed by atoms with van der Waals surface area (Å²) in [5.41, 5.74) is 0. The molecule has 2 atom stereocenters. The lowest BCUT2D eigenvalue weighted by Crippen LogP contribution is -2.45. The molecule has 0 bridgehead atoms. The Balaban J connectivity index is 3.40. The number of aliphatic hydroxyl groups excluding tert-OH is 2. The number of nitrogens with one attached hydrogen (secondary N) is 1. The minimum absolute atomic E-state index is 0.0575. The standard InChI is InChI=1S/C62H119NO3/c1-3-5-7-9-11-13-15-17-19-21-22-23-24-25-26-27-28-29-30-31-32-33-34-35-36-37-38-39-40-42-44-46-48-50-52-54-56-58-62(66)63-60(59-64)61(65)57-55-53-51-49-47-45-43-41-20-18-16-14-12-10-8-6-4-2/h15,17,21-22,55,57,60-61,64-65H,3-14,16,18-20,23-54,56,58-59H2,1-2H3,(H,63,66)/b17-15-,22-21-,57-55+. The summed E-state index contributed by atoms with van der Waals surface area (Å²) in [6, 6.07) is -0.620. The first kappa shape index (κ1) is 64.6. The van der Waals surface area contributed by atoms with Gasteiger partial charge in [0.2, 0.25) is 5.91 Å². The Morgan fingerprint density at radius 2 is 0.621 bits per heavy atom. The van der Waals surface area contributed by atoms with E-state index in [1.54, 1.807) is 6.08 Å². The molecule has 0 spiro atoms. The van der Waals surface area contributed by atoms with Crippen LogP contribution < -0.4 is 5.32 Å². The molecule has 4 nitrogen and oxygen atoms in total. The number of aliphatic hydroxyl groups is 2. The van der Waals surface area contributed by atoms with Crippen LogP contribution in [0.25, 0.3) is 0 Å². The van der Waals surface area contributed by atoms with Gasteiger partial charge in [-0.25, -0.2) is 0 Å². The zero-order chi connectivity index (χ0) is 47.7. The van der Waals surface area contributed by atoms with E-state index in [-0.39, 0.29) is 12.5 Å². The van der Waals surface area contributed by atoms with Crippen molar-refractivity contribution in [2.24, 2.45) is 0 Å². The van der Waals surface area contributed by atoms with E-state index in [9.17, 15) is 15.0 Å². The van der Waals surface area contributed by atoms with Crippen LogP contribution in [0.4, 0.5) is 0 Å². The Hall–Kier alpha value is -1.39. The SMILES string of the molecule is CCCCCCC/C=C\C/C=C\CCCCCCCCCCCCCCCCCCCCCCCCCCCC(=O)NC(CO)C(O)/C=C/CCCCCCCCCCCCCCCCC. The van der Waals surface area contributed by atoms with Crippen LogP contribution >= 0.6 is 0 Å². The number of carbonyl (C=O) groups excluding carboxylic acids is 1. The van der Waals surface area contributed by atoms with Crippen molar-refractivity contribution in [2.45, 2.75) is 347 Å². The van der Waals surface area contributed by atoms with E-state index in [2.05, 4.69) is 43.5 Å². The first-order valence-electron chi connectivity index (χ1n) is 30.2. The smallest absolute Gasteiger partial charge is 0.220 e. The maximum absolute atomic E-state index is 12.5. The van der Waals surface area contributed by atoms with Gasteiger partial charge in [0.25, 0.3) is 0 Å². The second kappa shape index (κ2) is 57.9. The van der Waals surface area contributed by atoms with Crippen molar-refractivity contribution in [1.29, 1.82) is 0 Å². The molecular formula is C62H119NO3. The molecule has 0 saturated carbocycles. The van der Waals surface area contributed by atoms with Crippen LogP contribution in [0.3, 0.4) is 0 Å². The van der Waals surface area contributed by atoms with Crippen molar-refractivity contribution in [3.05, 3.63) is 36.5 Å². The monoisotopic (exact) mass is 926 g/mol. The molecule has 0 aromatic carbocycles. The van der Waals surface area contributed by atoms with Gasteiger partial charge < -0.3 is 15.5 Å². The Bertz CT molecular complexity index is 1010. The number of hydrogen-bond acceptors (Lipinski definition) is 3. The minimum atomic E-state index is -0.837. The van der Waals surface area contributed by atoms with E-state index in [1.807, 2.05) is 6.08 Å². The van der Waals surface area contributed by atoms with E-state index >= 15 is 0 Å². The molecule has 66 heavy (non-hydrogen) atoms. The number of carbonyl (C=O) groups is 1. The molecule has 3 N–H and O–H groups in total. The molecule has 390 valence electrons. The second-order valence-corrected chi connectivity index (χ2v) is 20.8. The van der Waals surface area contributed by atoms with Crippen molar-refractivity contribution in [3.63, 3.8) is 0 Å². The fraction of sp³-hybridized carbons (Fsp3) is 0.887. The number of hydrogen-bond donors (Lipinski definition) is 3. The van der Waals surface area contributed by atoms with Gasteiger partial charge in [-0.15, -0.1) is 0 Å². The van der Waals surface area contributed by atoms with Crippen LogP contribution in [0.5, 0.6) is 0 Å². The van der Waals surface area contributed by atoms with Gasteiger partial charge in [-0.1, -0.05) is 314 Å². The van der Waals surface area contributed by atoms with Gasteiger partial charge >= 0.3 is 0 Å². The van der Waals surface area contributed by atoms with Gasteiger partial charge in [0, 0.05) is 6.42 Å². The molecule has 0 aliphatic heterocycles. The fourth-order valence-electron chi connectivity index (χ4n) is 9.51. The van der Waals surface area contributed by atoms with Crippen LogP contribution in [0, 0.1) is 0 Å². The summed E-state index contributed by atoms with van der Waals surface area (Å²) < 4.78 is 0. The third-order valence-corrected chi connectivity index (χ3v) is 14.1. The lowest BCUT2D eigenvalue weighted by Gasteiger charge is -2.20. The number of allylic oxidation sites excluding steroid dienone is 5. The highest BCUT2D eigenvalue weighted by Crippen LogP contribution is 2.18. The van der Waals surface area contributed by atoms with Gasteiger partial charge in [0.05, 0.1) is 18.8 Å². The maximum Gasteiger partial charge on any atom is 0.220 e. The Kier molecular flexibility index (Phi) is 56.7. The molecule has 0 heterocycles. The predicted octanol–water partition coefficient (Wildman–Crippen LogP) is 20.0. The molecule has 2 unspecified atom stereocenters. The highest BCUT2D eigenvalue weighted by Gasteiger charge is 2.18. The van der Waals surface area contributed by atoms with Gasteiger partial charge in [-0.3, -0.25) is 4.79 Å². The lowest BCUT2D eigenvalue weighted by atomic mass is 10.0. The van der Waals surface area contributed by atoms with Crippen LogP contribution in [-0.2, 0) is 4.79 Å². The van der Waals surface area contributed by atoms with Crippen molar-refractivity contribution in [1.82, 2.24) is 5.32 Å². The van der Waals surface area contributed by atoms with E-state index in [0.29, 0.717) is 6.42 Å². The molecule has 0 aliphatic rings. The second-order valence-electron chi connectivity index (χ2n) is 20.8. The van der Waals surface area contributed by atoms with E-state index < -0.39 is 12.1 Å². The van der Waals surface area contributed by atoms with Gasteiger partial charge in [0.1, 0.15) is 0 Å². The molecule has 0 rings (SSSR count). The summed E-state index contributed by atoms with van der Waals surface area (Å²) >= 11 is 0. The van der Waals surface area contributed by atoms with Crippen molar-refractivity contribution >= 4 is 5.91 Å². The van der Waals surface area contributed by atoms with Crippen molar-refractivity contribution in [3.8, 4) is 0 Å². The van der Waals surface area contributed by atoms with E-state index in [0.717, 1.165) is 32.1 Å². The van der Waals surface area contributed by atoms with E-state index in [1.165, 1.54) is 283 Å². The summed E-state index contributed by atoms with van der Waals surface area (Å²) in [5, 5.41) is 23.2. The van der Waals surface area contributed by atoms with Crippen LogP contribution in [-0.4, -0.2) is 34.9 Å². The summed E-state index contributed by atoms with van der Waals surface area (Å²) in [4.78, 5) is 12.5. The summed E-state index contributed by atoms with van der Waals surface area (Å²) in [5.74, 6) is -0.0575. The lowest BCUT2D eigenvalue weighted by molar-refractivity contribution is -0.123.